The molecule has 10 heteroatoms. The molecule has 0 bridgehead atoms. The SMILES string of the molecule is CCCCCCCC/C=C\CCCCCCCC(=O)OC(COC(=O)CCCCCCCCCCCCCCCCC)COP(=O)(O)OCC[N+](C)(C)C. The molecule has 0 radical (unpaired) electrons. The quantitative estimate of drug-likeness (QED) is 0.0214. The molecule has 0 aromatic heterocycles. The summed E-state index contributed by atoms with van der Waals surface area (Å²) in [6.07, 6.45) is 38.2. The van der Waals surface area contributed by atoms with Crippen molar-refractivity contribution in [2.75, 3.05) is 47.5 Å². The van der Waals surface area contributed by atoms with Gasteiger partial charge in [0, 0.05) is 12.8 Å². The van der Waals surface area contributed by atoms with Gasteiger partial charge in [0.1, 0.15) is 19.8 Å². The third kappa shape index (κ3) is 40.4. The minimum atomic E-state index is -4.37. The highest BCUT2D eigenvalue weighted by Gasteiger charge is 2.27. The van der Waals surface area contributed by atoms with E-state index in [-0.39, 0.29) is 25.6 Å². The monoisotopic (exact) mass is 789 g/mol. The second-order valence-corrected chi connectivity index (χ2v) is 17.9. The number of phosphoric acid groups is 1. The Morgan fingerprint density at radius 2 is 0.944 bits per heavy atom. The van der Waals surface area contributed by atoms with Crippen molar-refractivity contribution in [3.8, 4) is 0 Å². The van der Waals surface area contributed by atoms with E-state index in [1.165, 1.54) is 122 Å². The van der Waals surface area contributed by atoms with Crippen LogP contribution in [-0.4, -0.2) is 74.9 Å². The molecule has 1 N–H and O–H groups in total. The maximum atomic E-state index is 12.7. The lowest BCUT2D eigenvalue weighted by Crippen LogP contribution is -2.37. The van der Waals surface area contributed by atoms with Crippen molar-refractivity contribution >= 4 is 19.8 Å². The minimum Gasteiger partial charge on any atom is -0.462 e. The lowest BCUT2D eigenvalue weighted by Gasteiger charge is -2.24. The van der Waals surface area contributed by atoms with E-state index in [1.807, 2.05) is 21.1 Å². The molecule has 0 amide bonds. The first-order chi connectivity index (χ1) is 26.0. The largest absolute Gasteiger partial charge is 0.472 e. The molecule has 0 spiro atoms. The van der Waals surface area contributed by atoms with Gasteiger partial charge in [-0.3, -0.25) is 18.6 Å². The number of rotatable bonds is 41. The van der Waals surface area contributed by atoms with Gasteiger partial charge in [0.25, 0.3) is 0 Å². The fraction of sp³-hybridized carbons (Fsp3) is 0.909. The van der Waals surface area contributed by atoms with E-state index in [9.17, 15) is 19.0 Å². The highest BCUT2D eigenvalue weighted by Crippen LogP contribution is 2.43. The van der Waals surface area contributed by atoms with E-state index in [2.05, 4.69) is 26.0 Å². The van der Waals surface area contributed by atoms with Gasteiger partial charge in [-0.1, -0.05) is 167 Å². The molecule has 0 saturated carbocycles. The van der Waals surface area contributed by atoms with Crippen LogP contribution in [0.4, 0.5) is 0 Å². The Balaban J connectivity index is 4.34. The summed E-state index contributed by atoms with van der Waals surface area (Å²) in [5.41, 5.74) is 0. The smallest absolute Gasteiger partial charge is 0.462 e. The summed E-state index contributed by atoms with van der Waals surface area (Å²) in [7, 11) is 1.48. The van der Waals surface area contributed by atoms with Crippen LogP contribution in [0.5, 0.6) is 0 Å². The molecule has 2 unspecified atom stereocenters. The van der Waals surface area contributed by atoms with E-state index in [0.717, 1.165) is 51.4 Å². The number of hydrogen-bond acceptors (Lipinski definition) is 7. The van der Waals surface area contributed by atoms with Crippen LogP contribution in [0.15, 0.2) is 12.2 Å². The van der Waals surface area contributed by atoms with Gasteiger partial charge < -0.3 is 18.9 Å². The summed E-state index contributed by atoms with van der Waals surface area (Å²) in [4.78, 5) is 35.3. The lowest BCUT2D eigenvalue weighted by atomic mass is 10.0. The van der Waals surface area contributed by atoms with Gasteiger partial charge in [0.2, 0.25) is 0 Å². The summed E-state index contributed by atoms with van der Waals surface area (Å²) in [6, 6.07) is 0. The van der Waals surface area contributed by atoms with Crippen LogP contribution in [-0.2, 0) is 32.7 Å². The molecule has 0 aliphatic carbocycles. The second-order valence-electron chi connectivity index (χ2n) is 16.4. The fourth-order valence-electron chi connectivity index (χ4n) is 6.24. The molecule has 0 rings (SSSR count). The van der Waals surface area contributed by atoms with E-state index < -0.39 is 26.5 Å². The first-order valence-corrected chi connectivity index (χ1v) is 23.9. The molecular weight excluding hydrogens is 701 g/mol. The molecule has 9 nitrogen and oxygen atoms in total. The van der Waals surface area contributed by atoms with Crippen LogP contribution in [0, 0.1) is 0 Å². The standard InChI is InChI=1S/C44H86NO8P/c1-6-8-10-12-14-16-18-20-22-24-26-28-30-32-34-36-43(46)50-40-42(41-52-54(48,49)51-39-38-45(3,4)5)53-44(47)37-35-33-31-29-27-25-23-21-19-17-15-13-11-9-7-2/h21,23,42H,6-20,22,24-41H2,1-5H3/p+1/b23-21-. The zero-order valence-corrected chi connectivity index (χ0v) is 36.9. The Hall–Kier alpha value is -1.25. The fourth-order valence-corrected chi connectivity index (χ4v) is 6.99. The Kier molecular flexibility index (Phi) is 36.5. The molecule has 0 aliphatic heterocycles. The van der Waals surface area contributed by atoms with Crippen LogP contribution in [0.1, 0.15) is 206 Å². The molecule has 0 saturated heterocycles. The second kappa shape index (κ2) is 37.3. The van der Waals surface area contributed by atoms with Crippen LogP contribution in [0.2, 0.25) is 0 Å². The highest BCUT2D eigenvalue weighted by molar-refractivity contribution is 7.47. The summed E-state index contributed by atoms with van der Waals surface area (Å²) >= 11 is 0. The topological polar surface area (TPSA) is 108 Å². The van der Waals surface area contributed by atoms with E-state index >= 15 is 0 Å². The van der Waals surface area contributed by atoms with Gasteiger partial charge in [-0.15, -0.1) is 0 Å². The van der Waals surface area contributed by atoms with E-state index in [4.69, 9.17) is 18.5 Å². The van der Waals surface area contributed by atoms with E-state index in [0.29, 0.717) is 23.9 Å². The summed E-state index contributed by atoms with van der Waals surface area (Å²) in [6.45, 7) is 4.43. The number of esters is 2. The zero-order chi connectivity index (χ0) is 40.0. The molecule has 320 valence electrons. The lowest BCUT2D eigenvalue weighted by molar-refractivity contribution is -0.870. The number of carbonyl (C=O) groups is 2. The summed E-state index contributed by atoms with van der Waals surface area (Å²) < 4.78 is 34.3. The average molecular weight is 789 g/mol. The number of phosphoric ester groups is 1. The average Bonchev–Trinajstić information content (AvgIpc) is 3.12. The first kappa shape index (κ1) is 52.8. The molecule has 0 heterocycles. The number of unbranched alkanes of at least 4 members (excludes halogenated alkanes) is 25. The number of hydrogen-bond donors (Lipinski definition) is 1. The number of ether oxygens (including phenoxy) is 2. The van der Waals surface area contributed by atoms with Crippen molar-refractivity contribution in [1.29, 1.82) is 0 Å². The molecule has 0 fully saturated rings. The minimum absolute atomic E-state index is 0.0332. The maximum absolute atomic E-state index is 12.7. The Morgan fingerprint density at radius 1 is 0.556 bits per heavy atom. The van der Waals surface area contributed by atoms with Crippen molar-refractivity contribution < 1.29 is 42.1 Å². The predicted octanol–water partition coefficient (Wildman–Crippen LogP) is 12.6. The van der Waals surface area contributed by atoms with Crippen molar-refractivity contribution in [2.45, 2.75) is 213 Å². The normalized spacial score (nSPS) is 13.7. The zero-order valence-electron chi connectivity index (χ0n) is 36.0. The van der Waals surface area contributed by atoms with Crippen molar-refractivity contribution in [1.82, 2.24) is 0 Å². The molecule has 0 aliphatic rings. The Bertz CT molecular complexity index is 938. The van der Waals surface area contributed by atoms with Gasteiger partial charge >= 0.3 is 19.8 Å². The predicted molar refractivity (Wildman–Crippen MR) is 224 cm³/mol. The van der Waals surface area contributed by atoms with Gasteiger partial charge in [0.15, 0.2) is 6.10 Å². The summed E-state index contributed by atoms with van der Waals surface area (Å²) in [5.74, 6) is -0.798. The molecule has 0 aromatic carbocycles. The van der Waals surface area contributed by atoms with Gasteiger partial charge in [-0.2, -0.15) is 0 Å². The van der Waals surface area contributed by atoms with Crippen LogP contribution in [0.3, 0.4) is 0 Å². The Labute approximate surface area is 333 Å². The number of nitrogens with zero attached hydrogens (tertiary/aromatic N) is 1. The Morgan fingerprint density at radius 3 is 1.37 bits per heavy atom. The first-order valence-electron chi connectivity index (χ1n) is 22.4. The van der Waals surface area contributed by atoms with Crippen LogP contribution in [0.25, 0.3) is 0 Å². The van der Waals surface area contributed by atoms with Crippen molar-refractivity contribution in [3.63, 3.8) is 0 Å². The van der Waals surface area contributed by atoms with E-state index in [1.54, 1.807) is 0 Å². The van der Waals surface area contributed by atoms with Crippen molar-refractivity contribution in [3.05, 3.63) is 12.2 Å². The molecule has 0 aromatic rings. The number of likely N-dealkylation sites (N-methyl/N-ethyl adjacent to an activating group) is 1. The number of allylic oxidation sites excluding steroid dienone is 2. The number of quaternary nitrogens is 1. The third-order valence-corrected chi connectivity index (χ3v) is 10.8. The van der Waals surface area contributed by atoms with Crippen LogP contribution < -0.4 is 0 Å². The van der Waals surface area contributed by atoms with Gasteiger partial charge in [0.05, 0.1) is 27.7 Å². The molecule has 2 atom stereocenters. The molecule has 54 heavy (non-hydrogen) atoms. The highest BCUT2D eigenvalue weighted by atomic mass is 31.2. The van der Waals surface area contributed by atoms with Crippen molar-refractivity contribution in [2.24, 2.45) is 0 Å². The maximum Gasteiger partial charge on any atom is 0.472 e. The van der Waals surface area contributed by atoms with Crippen LogP contribution >= 0.6 is 7.82 Å². The van der Waals surface area contributed by atoms with Gasteiger partial charge in [-0.05, 0) is 38.5 Å². The molecular formula is C44H87NO8P+. The number of carbonyl (C=O) groups excluding carboxylic acids is 2. The third-order valence-electron chi connectivity index (χ3n) is 9.80. The summed E-state index contributed by atoms with van der Waals surface area (Å²) in [5, 5.41) is 0. The van der Waals surface area contributed by atoms with Gasteiger partial charge in [-0.25, -0.2) is 4.57 Å².